The van der Waals surface area contributed by atoms with E-state index < -0.39 is 11.9 Å². The number of ether oxygens (including phenoxy) is 1. The van der Waals surface area contributed by atoms with Crippen LogP contribution in [0.15, 0.2) is 24.3 Å². The molecule has 0 saturated carbocycles. The molecule has 22 heavy (non-hydrogen) atoms. The van der Waals surface area contributed by atoms with Crippen molar-refractivity contribution < 1.29 is 23.8 Å². The minimum Gasteiger partial charge on any atom is -0.494 e. The highest BCUT2D eigenvalue weighted by Gasteiger charge is 2.36. The van der Waals surface area contributed by atoms with Gasteiger partial charge in [-0.2, -0.15) is 0 Å². The molecule has 6 heteroatoms. The fraction of sp³-hybridized carbons (Fsp3) is 0.500. The molecule has 2 rings (SSSR count). The average molecular weight is 309 g/mol. The zero-order valence-electron chi connectivity index (χ0n) is 12.5. The van der Waals surface area contributed by atoms with Crippen LogP contribution in [0.1, 0.15) is 19.8 Å². The number of carbonyl (C=O) groups is 2. The number of hydrogen-bond donors (Lipinski definition) is 1. The van der Waals surface area contributed by atoms with Gasteiger partial charge in [0, 0.05) is 19.5 Å². The second-order valence-electron chi connectivity index (χ2n) is 5.63. The number of benzene rings is 1. The van der Waals surface area contributed by atoms with Crippen LogP contribution in [-0.4, -0.2) is 41.6 Å². The highest BCUT2D eigenvalue weighted by molar-refractivity contribution is 5.78. The molecule has 0 unspecified atom stereocenters. The standard InChI is InChI=1S/C16H20FNO4/c1-11-9-18(10-14(11)16(20)21)15(19)3-2-8-22-13-6-4-12(17)5-7-13/h4-7,11,14H,2-3,8-10H2,1H3,(H,20,21)/t11-,14-/m1/s1. The van der Waals surface area contributed by atoms with Crippen LogP contribution in [0.5, 0.6) is 5.75 Å². The third kappa shape index (κ3) is 4.19. The molecule has 2 atom stereocenters. The molecule has 1 fully saturated rings. The number of aliphatic carboxylic acids is 1. The SMILES string of the molecule is C[C@@H]1CN(C(=O)CCCOc2ccc(F)cc2)C[C@H]1C(=O)O. The number of nitrogens with zero attached hydrogens (tertiary/aromatic N) is 1. The third-order valence-corrected chi connectivity index (χ3v) is 3.90. The molecular formula is C16H20FNO4. The van der Waals surface area contributed by atoms with Gasteiger partial charge in [-0.05, 0) is 36.6 Å². The monoisotopic (exact) mass is 309 g/mol. The van der Waals surface area contributed by atoms with Gasteiger partial charge in [0.1, 0.15) is 11.6 Å². The van der Waals surface area contributed by atoms with Crippen molar-refractivity contribution in [3.63, 3.8) is 0 Å². The molecule has 5 nitrogen and oxygen atoms in total. The number of carboxylic acid groups (broad SMARTS) is 1. The van der Waals surface area contributed by atoms with Crippen LogP contribution in [-0.2, 0) is 9.59 Å². The molecule has 1 aromatic rings. The van der Waals surface area contributed by atoms with Crippen LogP contribution in [0, 0.1) is 17.7 Å². The van der Waals surface area contributed by atoms with Crippen molar-refractivity contribution in [2.45, 2.75) is 19.8 Å². The average Bonchev–Trinajstić information content (AvgIpc) is 2.87. The highest BCUT2D eigenvalue weighted by atomic mass is 19.1. The summed E-state index contributed by atoms with van der Waals surface area (Å²) in [6.07, 6.45) is 0.860. The molecule has 0 bridgehead atoms. The smallest absolute Gasteiger partial charge is 0.308 e. The van der Waals surface area contributed by atoms with Crippen molar-refractivity contribution in [1.82, 2.24) is 4.90 Å². The molecule has 1 aliphatic rings. The zero-order valence-corrected chi connectivity index (χ0v) is 12.5. The largest absolute Gasteiger partial charge is 0.494 e. The summed E-state index contributed by atoms with van der Waals surface area (Å²) in [5.41, 5.74) is 0. The van der Waals surface area contributed by atoms with Gasteiger partial charge < -0.3 is 14.7 Å². The minimum atomic E-state index is -0.845. The Morgan fingerprint density at radius 1 is 1.32 bits per heavy atom. The molecule has 0 aromatic heterocycles. The van der Waals surface area contributed by atoms with Crippen molar-refractivity contribution >= 4 is 11.9 Å². The number of likely N-dealkylation sites (tertiary alicyclic amines) is 1. The Labute approximate surface area is 128 Å². The summed E-state index contributed by atoms with van der Waals surface area (Å²) >= 11 is 0. The molecule has 1 amide bonds. The van der Waals surface area contributed by atoms with E-state index >= 15 is 0 Å². The predicted octanol–water partition coefficient (Wildman–Crippen LogP) is 2.16. The van der Waals surface area contributed by atoms with Gasteiger partial charge in [0.25, 0.3) is 0 Å². The van der Waals surface area contributed by atoms with E-state index in [0.717, 1.165) is 0 Å². The molecule has 1 aromatic carbocycles. The molecule has 1 saturated heterocycles. The maximum Gasteiger partial charge on any atom is 0.308 e. The Kier molecular flexibility index (Phi) is 5.35. The molecule has 1 aliphatic heterocycles. The van der Waals surface area contributed by atoms with Crippen LogP contribution in [0.3, 0.4) is 0 Å². The Morgan fingerprint density at radius 2 is 2.00 bits per heavy atom. The molecule has 1 heterocycles. The number of halogens is 1. The van der Waals surface area contributed by atoms with Crippen molar-refractivity contribution in [2.75, 3.05) is 19.7 Å². The van der Waals surface area contributed by atoms with Gasteiger partial charge in [0.05, 0.1) is 12.5 Å². The van der Waals surface area contributed by atoms with Gasteiger partial charge in [-0.15, -0.1) is 0 Å². The lowest BCUT2D eigenvalue weighted by atomic mass is 9.99. The van der Waals surface area contributed by atoms with Crippen molar-refractivity contribution in [3.05, 3.63) is 30.1 Å². The number of hydrogen-bond acceptors (Lipinski definition) is 3. The van der Waals surface area contributed by atoms with Gasteiger partial charge >= 0.3 is 5.97 Å². The first-order valence-electron chi connectivity index (χ1n) is 7.36. The van der Waals surface area contributed by atoms with Gasteiger partial charge in [-0.1, -0.05) is 6.92 Å². The van der Waals surface area contributed by atoms with E-state index in [4.69, 9.17) is 9.84 Å². The van der Waals surface area contributed by atoms with Crippen LogP contribution < -0.4 is 4.74 Å². The fourth-order valence-electron chi connectivity index (χ4n) is 2.59. The first-order valence-corrected chi connectivity index (χ1v) is 7.36. The van der Waals surface area contributed by atoms with E-state index in [9.17, 15) is 14.0 Å². The maximum absolute atomic E-state index is 12.7. The first-order chi connectivity index (χ1) is 10.5. The number of carbonyl (C=O) groups excluding carboxylic acids is 1. The van der Waals surface area contributed by atoms with Gasteiger partial charge in [-0.3, -0.25) is 9.59 Å². The van der Waals surface area contributed by atoms with E-state index in [2.05, 4.69) is 0 Å². The topological polar surface area (TPSA) is 66.8 Å². The quantitative estimate of drug-likeness (QED) is 0.818. The maximum atomic E-state index is 12.7. The zero-order chi connectivity index (χ0) is 16.1. The Bertz CT molecular complexity index is 531. The molecule has 0 aliphatic carbocycles. The lowest BCUT2D eigenvalue weighted by Gasteiger charge is -2.15. The Balaban J connectivity index is 1.70. The summed E-state index contributed by atoms with van der Waals surface area (Å²) in [6, 6.07) is 5.71. The van der Waals surface area contributed by atoms with E-state index in [1.54, 1.807) is 4.90 Å². The van der Waals surface area contributed by atoms with Gasteiger partial charge in [-0.25, -0.2) is 4.39 Å². The molecule has 120 valence electrons. The highest BCUT2D eigenvalue weighted by Crippen LogP contribution is 2.23. The molecular weight excluding hydrogens is 289 g/mol. The van der Waals surface area contributed by atoms with Crippen molar-refractivity contribution in [1.29, 1.82) is 0 Å². The van der Waals surface area contributed by atoms with E-state index in [1.807, 2.05) is 6.92 Å². The third-order valence-electron chi connectivity index (χ3n) is 3.90. The van der Waals surface area contributed by atoms with E-state index in [-0.39, 0.29) is 24.2 Å². The number of amides is 1. The predicted molar refractivity (Wildman–Crippen MR) is 78.0 cm³/mol. The van der Waals surface area contributed by atoms with Crippen LogP contribution >= 0.6 is 0 Å². The summed E-state index contributed by atoms with van der Waals surface area (Å²) in [5.74, 6) is -1.13. The number of rotatable bonds is 6. The lowest BCUT2D eigenvalue weighted by Crippen LogP contribution is -2.30. The van der Waals surface area contributed by atoms with Crippen LogP contribution in [0.2, 0.25) is 0 Å². The molecule has 0 radical (unpaired) electrons. The van der Waals surface area contributed by atoms with Gasteiger partial charge in [0.15, 0.2) is 0 Å². The summed E-state index contributed by atoms with van der Waals surface area (Å²) < 4.78 is 18.1. The normalized spacial score (nSPS) is 20.9. The minimum absolute atomic E-state index is 0.0167. The summed E-state index contributed by atoms with van der Waals surface area (Å²) in [5, 5.41) is 9.06. The fourth-order valence-corrected chi connectivity index (χ4v) is 2.59. The second kappa shape index (κ2) is 7.24. The van der Waals surface area contributed by atoms with Crippen LogP contribution in [0.4, 0.5) is 4.39 Å². The summed E-state index contributed by atoms with van der Waals surface area (Å²) in [7, 11) is 0. The molecule has 0 spiro atoms. The number of carboxylic acids is 1. The summed E-state index contributed by atoms with van der Waals surface area (Å²) in [4.78, 5) is 24.7. The Hall–Kier alpha value is -2.11. The van der Waals surface area contributed by atoms with Gasteiger partial charge in [0.2, 0.25) is 5.91 Å². The van der Waals surface area contributed by atoms with Crippen LogP contribution in [0.25, 0.3) is 0 Å². The lowest BCUT2D eigenvalue weighted by molar-refractivity contribution is -0.142. The Morgan fingerprint density at radius 3 is 2.59 bits per heavy atom. The van der Waals surface area contributed by atoms with E-state index in [0.29, 0.717) is 31.7 Å². The second-order valence-corrected chi connectivity index (χ2v) is 5.63. The van der Waals surface area contributed by atoms with Crippen molar-refractivity contribution in [3.8, 4) is 5.75 Å². The van der Waals surface area contributed by atoms with E-state index in [1.165, 1.54) is 24.3 Å². The first kappa shape index (κ1) is 16.3. The molecule has 1 N–H and O–H groups in total. The van der Waals surface area contributed by atoms with Crippen molar-refractivity contribution in [2.24, 2.45) is 11.8 Å². The summed E-state index contributed by atoms with van der Waals surface area (Å²) in [6.45, 7) is 3.00.